The number of nitrogens with zero attached hydrogens (tertiary/aromatic N) is 1. The highest BCUT2D eigenvalue weighted by atomic mass is 16.2. The molecule has 116 valence electrons. The maximum atomic E-state index is 8.87. The van der Waals surface area contributed by atoms with Gasteiger partial charge in [-0.1, -0.05) is 18.2 Å². The van der Waals surface area contributed by atoms with Crippen molar-refractivity contribution in [3.8, 4) is 0 Å². The molecule has 0 aliphatic carbocycles. The summed E-state index contributed by atoms with van der Waals surface area (Å²) < 4.78 is 2.35. The van der Waals surface area contributed by atoms with Crippen molar-refractivity contribution >= 4 is 10.9 Å². The van der Waals surface area contributed by atoms with E-state index in [2.05, 4.69) is 61.1 Å². The van der Waals surface area contributed by atoms with Gasteiger partial charge >= 0.3 is 0 Å². The van der Waals surface area contributed by atoms with Gasteiger partial charge in [0.25, 0.3) is 0 Å². The first-order chi connectivity index (χ1) is 10.0. The minimum Gasteiger partial charge on any atom is -0.396 e. The Morgan fingerprint density at radius 3 is 2.57 bits per heavy atom. The van der Waals surface area contributed by atoms with Gasteiger partial charge in [0.05, 0.1) is 0 Å². The molecule has 0 bridgehead atoms. The van der Waals surface area contributed by atoms with Crippen LogP contribution in [-0.4, -0.2) is 21.8 Å². The first-order valence-electron chi connectivity index (χ1n) is 7.94. The van der Waals surface area contributed by atoms with Gasteiger partial charge in [-0.25, -0.2) is 0 Å². The van der Waals surface area contributed by atoms with Crippen molar-refractivity contribution in [1.82, 2.24) is 9.88 Å². The normalized spacial score (nSPS) is 12.2. The molecule has 1 aromatic heterocycles. The third-order valence-electron chi connectivity index (χ3n) is 3.74. The molecule has 3 nitrogen and oxygen atoms in total. The van der Waals surface area contributed by atoms with Crippen LogP contribution in [0.4, 0.5) is 0 Å². The first-order valence-corrected chi connectivity index (χ1v) is 7.94. The van der Waals surface area contributed by atoms with Crippen LogP contribution in [0.3, 0.4) is 0 Å². The summed E-state index contributed by atoms with van der Waals surface area (Å²) in [5.74, 6) is 0. The van der Waals surface area contributed by atoms with Crippen LogP contribution in [0.25, 0.3) is 10.9 Å². The maximum absolute atomic E-state index is 8.87. The van der Waals surface area contributed by atoms with E-state index in [9.17, 15) is 0 Å². The van der Waals surface area contributed by atoms with Crippen LogP contribution in [0, 0.1) is 0 Å². The minimum absolute atomic E-state index is 0.129. The SMILES string of the molecule is CC(C)(C)NCc1cn(CCCCCO)c2ccccc12. The molecule has 0 fully saturated rings. The first kappa shape index (κ1) is 16.1. The van der Waals surface area contributed by atoms with E-state index >= 15 is 0 Å². The van der Waals surface area contributed by atoms with E-state index in [1.54, 1.807) is 0 Å². The van der Waals surface area contributed by atoms with E-state index in [0.29, 0.717) is 6.61 Å². The molecule has 0 aliphatic heterocycles. The Morgan fingerprint density at radius 2 is 1.86 bits per heavy atom. The number of nitrogens with one attached hydrogen (secondary N) is 1. The Kier molecular flexibility index (Phi) is 5.43. The number of benzene rings is 1. The Hall–Kier alpha value is -1.32. The highest BCUT2D eigenvalue weighted by molar-refractivity contribution is 5.83. The summed E-state index contributed by atoms with van der Waals surface area (Å²) in [7, 11) is 0. The fraction of sp³-hybridized carbons (Fsp3) is 0.556. The van der Waals surface area contributed by atoms with E-state index < -0.39 is 0 Å². The highest BCUT2D eigenvalue weighted by Gasteiger charge is 2.12. The molecule has 1 aromatic carbocycles. The third kappa shape index (κ3) is 4.58. The predicted octanol–water partition coefficient (Wildman–Crippen LogP) is 3.69. The van der Waals surface area contributed by atoms with Gasteiger partial charge in [-0.2, -0.15) is 0 Å². The van der Waals surface area contributed by atoms with Gasteiger partial charge in [0.1, 0.15) is 0 Å². The summed E-state index contributed by atoms with van der Waals surface area (Å²) >= 11 is 0. The van der Waals surface area contributed by atoms with Crippen LogP contribution in [0.15, 0.2) is 30.5 Å². The molecule has 2 N–H and O–H groups in total. The number of aromatic nitrogens is 1. The molecule has 21 heavy (non-hydrogen) atoms. The molecular formula is C18H28N2O. The summed E-state index contributed by atoms with van der Waals surface area (Å²) in [6.45, 7) is 8.81. The number of unbranched alkanes of at least 4 members (excludes halogenated alkanes) is 2. The molecule has 2 rings (SSSR count). The zero-order valence-electron chi connectivity index (χ0n) is 13.5. The summed E-state index contributed by atoms with van der Waals surface area (Å²) in [6, 6.07) is 8.62. The number of rotatable bonds is 7. The molecule has 1 heterocycles. The molecule has 0 atom stereocenters. The molecule has 3 heteroatoms. The average Bonchev–Trinajstić information content (AvgIpc) is 2.79. The smallest absolute Gasteiger partial charge is 0.0483 e. The number of fused-ring (bicyclic) bond motifs is 1. The highest BCUT2D eigenvalue weighted by Crippen LogP contribution is 2.22. The van der Waals surface area contributed by atoms with Crippen LogP contribution >= 0.6 is 0 Å². The molecule has 0 spiro atoms. The van der Waals surface area contributed by atoms with Crippen molar-refractivity contribution in [2.75, 3.05) is 6.61 Å². The molecule has 0 saturated heterocycles. The van der Waals surface area contributed by atoms with E-state index in [-0.39, 0.29) is 5.54 Å². The van der Waals surface area contributed by atoms with E-state index in [1.165, 1.54) is 16.5 Å². The Morgan fingerprint density at radius 1 is 1.10 bits per heavy atom. The zero-order valence-corrected chi connectivity index (χ0v) is 13.5. The van der Waals surface area contributed by atoms with Crippen LogP contribution in [-0.2, 0) is 13.1 Å². The summed E-state index contributed by atoms with van der Waals surface area (Å²) in [5.41, 5.74) is 2.81. The second-order valence-corrected chi connectivity index (χ2v) is 6.75. The standard InChI is InChI=1S/C18H28N2O/c1-18(2,3)19-13-15-14-20(11-7-4-8-12-21)17-10-6-5-9-16(15)17/h5-6,9-10,14,19,21H,4,7-8,11-13H2,1-3H3. The summed E-state index contributed by atoms with van der Waals surface area (Å²) in [5, 5.41) is 13.8. The lowest BCUT2D eigenvalue weighted by Gasteiger charge is -2.20. The molecule has 2 aromatic rings. The van der Waals surface area contributed by atoms with Crippen molar-refractivity contribution < 1.29 is 5.11 Å². The molecule has 0 amide bonds. The largest absolute Gasteiger partial charge is 0.396 e. The Bertz CT molecular complexity index is 566. The quantitative estimate of drug-likeness (QED) is 0.762. The average molecular weight is 288 g/mol. The van der Waals surface area contributed by atoms with Crippen LogP contribution in [0.2, 0.25) is 0 Å². The third-order valence-corrected chi connectivity index (χ3v) is 3.74. The van der Waals surface area contributed by atoms with Crippen LogP contribution in [0.1, 0.15) is 45.6 Å². The summed E-state index contributed by atoms with van der Waals surface area (Å²) in [6.07, 6.45) is 5.38. The predicted molar refractivity (Wildman–Crippen MR) is 89.5 cm³/mol. The second kappa shape index (κ2) is 7.10. The number of para-hydroxylation sites is 1. The molecule has 0 radical (unpaired) electrons. The van der Waals surface area contributed by atoms with Gasteiger partial charge in [-0.05, 0) is 51.7 Å². The van der Waals surface area contributed by atoms with Crippen molar-refractivity contribution in [2.24, 2.45) is 0 Å². The van der Waals surface area contributed by atoms with Gasteiger partial charge in [-0.3, -0.25) is 0 Å². The van der Waals surface area contributed by atoms with Gasteiger partial charge in [0.2, 0.25) is 0 Å². The van der Waals surface area contributed by atoms with Gasteiger partial charge < -0.3 is 15.0 Å². The zero-order chi connectivity index (χ0) is 15.3. The van der Waals surface area contributed by atoms with Crippen LogP contribution in [0.5, 0.6) is 0 Å². The van der Waals surface area contributed by atoms with Crippen molar-refractivity contribution in [1.29, 1.82) is 0 Å². The number of aryl methyl sites for hydroxylation is 1. The Labute approximate surface area is 128 Å². The monoisotopic (exact) mass is 288 g/mol. The van der Waals surface area contributed by atoms with Crippen molar-refractivity contribution in [3.05, 3.63) is 36.0 Å². The fourth-order valence-electron chi connectivity index (χ4n) is 2.58. The minimum atomic E-state index is 0.129. The van der Waals surface area contributed by atoms with Crippen LogP contribution < -0.4 is 5.32 Å². The molecule has 0 unspecified atom stereocenters. The lowest BCUT2D eigenvalue weighted by molar-refractivity contribution is 0.282. The number of aliphatic hydroxyl groups excluding tert-OH is 1. The van der Waals surface area contributed by atoms with Crippen molar-refractivity contribution in [2.45, 2.75) is 58.7 Å². The topological polar surface area (TPSA) is 37.2 Å². The van der Waals surface area contributed by atoms with E-state index in [1.807, 2.05) is 0 Å². The molecule has 0 aliphatic rings. The van der Waals surface area contributed by atoms with Gasteiger partial charge in [0, 0.05) is 42.3 Å². The summed E-state index contributed by atoms with van der Waals surface area (Å²) in [4.78, 5) is 0. The van der Waals surface area contributed by atoms with E-state index in [0.717, 1.165) is 32.4 Å². The Balaban J connectivity index is 2.14. The number of aliphatic hydroxyl groups is 1. The lowest BCUT2D eigenvalue weighted by atomic mass is 10.1. The van der Waals surface area contributed by atoms with Crippen molar-refractivity contribution in [3.63, 3.8) is 0 Å². The van der Waals surface area contributed by atoms with Gasteiger partial charge in [-0.15, -0.1) is 0 Å². The molecular weight excluding hydrogens is 260 g/mol. The maximum Gasteiger partial charge on any atom is 0.0483 e. The molecule has 0 saturated carbocycles. The lowest BCUT2D eigenvalue weighted by Crippen LogP contribution is -2.34. The number of hydrogen-bond acceptors (Lipinski definition) is 2. The van der Waals surface area contributed by atoms with E-state index in [4.69, 9.17) is 5.11 Å². The number of hydrogen-bond donors (Lipinski definition) is 2. The second-order valence-electron chi connectivity index (χ2n) is 6.75. The fourth-order valence-corrected chi connectivity index (χ4v) is 2.58. The van der Waals surface area contributed by atoms with Gasteiger partial charge in [0.15, 0.2) is 0 Å².